The maximum atomic E-state index is 6.10. The Bertz CT molecular complexity index is 892. The molecule has 3 aromatic rings. The van der Waals surface area contributed by atoms with Gasteiger partial charge in [-0.25, -0.2) is 4.99 Å². The van der Waals surface area contributed by atoms with Gasteiger partial charge in [-0.1, -0.05) is 41.9 Å². The van der Waals surface area contributed by atoms with Crippen LogP contribution in [0.3, 0.4) is 0 Å². The molecule has 2 aromatic carbocycles. The molecule has 1 aromatic heterocycles. The van der Waals surface area contributed by atoms with Crippen LogP contribution in [0.4, 0.5) is 5.69 Å². The minimum atomic E-state index is 0.307. The molecule has 0 bridgehead atoms. The van der Waals surface area contributed by atoms with E-state index in [0.717, 1.165) is 17.8 Å². The highest BCUT2D eigenvalue weighted by molar-refractivity contribution is 6.32. The van der Waals surface area contributed by atoms with Gasteiger partial charge in [0.1, 0.15) is 5.75 Å². The molecule has 0 saturated heterocycles. The van der Waals surface area contributed by atoms with Gasteiger partial charge in [0.25, 0.3) is 0 Å². The first kappa shape index (κ1) is 17.8. The predicted octanol–water partition coefficient (Wildman–Crippen LogP) is 3.52. The molecule has 0 fully saturated rings. The van der Waals surface area contributed by atoms with Crippen LogP contribution >= 0.6 is 11.6 Å². The van der Waals surface area contributed by atoms with E-state index >= 15 is 0 Å². The van der Waals surface area contributed by atoms with Gasteiger partial charge >= 0.3 is 0 Å². The third-order valence-corrected chi connectivity index (χ3v) is 4.03. The standard InChI is InChI=1S/C19H20ClN5O/c1-26-18-8-7-16(9-17(18)20)24-19(21)22-10-15-11-23-25(13-15)12-14-5-3-2-4-6-14/h2-9,11,13H,10,12H2,1H3,(H3,21,22,24). The number of guanidine groups is 1. The maximum Gasteiger partial charge on any atom is 0.193 e. The van der Waals surface area contributed by atoms with E-state index in [1.54, 1.807) is 25.4 Å². The van der Waals surface area contributed by atoms with E-state index in [-0.39, 0.29) is 0 Å². The van der Waals surface area contributed by atoms with E-state index < -0.39 is 0 Å². The first-order chi connectivity index (χ1) is 12.6. The SMILES string of the molecule is COc1ccc(NC(N)=NCc2cnn(Cc3ccccc3)c2)cc1Cl. The van der Waals surface area contributed by atoms with Crippen molar-refractivity contribution in [2.24, 2.45) is 10.7 Å². The smallest absolute Gasteiger partial charge is 0.193 e. The molecule has 7 heteroatoms. The molecule has 6 nitrogen and oxygen atoms in total. The van der Waals surface area contributed by atoms with Crippen LogP contribution in [-0.2, 0) is 13.1 Å². The number of ether oxygens (including phenoxy) is 1. The van der Waals surface area contributed by atoms with Crippen LogP contribution in [0.2, 0.25) is 5.02 Å². The summed E-state index contributed by atoms with van der Waals surface area (Å²) in [7, 11) is 1.57. The van der Waals surface area contributed by atoms with Gasteiger partial charge in [-0.3, -0.25) is 4.68 Å². The average molecular weight is 370 g/mol. The fraction of sp³-hybridized carbons (Fsp3) is 0.158. The highest BCUT2D eigenvalue weighted by Gasteiger charge is 2.03. The third kappa shape index (κ3) is 4.77. The number of benzene rings is 2. The van der Waals surface area contributed by atoms with Crippen molar-refractivity contribution in [2.45, 2.75) is 13.1 Å². The van der Waals surface area contributed by atoms with Gasteiger partial charge < -0.3 is 15.8 Å². The van der Waals surface area contributed by atoms with Gasteiger partial charge in [0, 0.05) is 17.4 Å². The fourth-order valence-electron chi connectivity index (χ4n) is 2.45. The van der Waals surface area contributed by atoms with Gasteiger partial charge in [0.15, 0.2) is 5.96 Å². The van der Waals surface area contributed by atoms with Crippen molar-refractivity contribution in [3.8, 4) is 5.75 Å². The molecule has 0 aliphatic carbocycles. The van der Waals surface area contributed by atoms with Crippen LogP contribution in [0.5, 0.6) is 5.75 Å². The number of halogens is 1. The van der Waals surface area contributed by atoms with Crippen molar-refractivity contribution >= 4 is 23.2 Å². The zero-order valence-corrected chi connectivity index (χ0v) is 15.1. The molecule has 134 valence electrons. The summed E-state index contributed by atoms with van der Waals surface area (Å²) in [4.78, 5) is 4.34. The number of aromatic nitrogens is 2. The topological polar surface area (TPSA) is 77.5 Å². The molecule has 0 atom stereocenters. The first-order valence-electron chi connectivity index (χ1n) is 8.10. The summed E-state index contributed by atoms with van der Waals surface area (Å²) >= 11 is 6.10. The van der Waals surface area contributed by atoms with Crippen molar-refractivity contribution in [1.29, 1.82) is 0 Å². The molecule has 3 rings (SSSR count). The van der Waals surface area contributed by atoms with E-state index in [1.165, 1.54) is 5.56 Å². The lowest BCUT2D eigenvalue weighted by Crippen LogP contribution is -2.22. The van der Waals surface area contributed by atoms with E-state index in [0.29, 0.717) is 23.3 Å². The van der Waals surface area contributed by atoms with Crippen molar-refractivity contribution in [1.82, 2.24) is 9.78 Å². The Morgan fingerprint density at radius 3 is 2.77 bits per heavy atom. The zero-order chi connectivity index (χ0) is 18.4. The first-order valence-corrected chi connectivity index (χ1v) is 8.47. The van der Waals surface area contributed by atoms with Crippen LogP contribution < -0.4 is 15.8 Å². The maximum absolute atomic E-state index is 6.10. The molecule has 3 N–H and O–H groups in total. The number of methoxy groups -OCH3 is 1. The molecule has 0 saturated carbocycles. The molecule has 1 heterocycles. The number of nitrogens with two attached hydrogens (primary N) is 1. The van der Waals surface area contributed by atoms with Gasteiger partial charge in [0.2, 0.25) is 0 Å². The Balaban J connectivity index is 1.58. The number of nitrogens with zero attached hydrogens (tertiary/aromatic N) is 3. The van der Waals surface area contributed by atoms with E-state index in [9.17, 15) is 0 Å². The van der Waals surface area contributed by atoms with Crippen LogP contribution in [0.25, 0.3) is 0 Å². The number of anilines is 1. The molecule has 0 aliphatic rings. The van der Waals surface area contributed by atoms with Crippen molar-refractivity contribution in [3.05, 3.63) is 77.1 Å². The van der Waals surface area contributed by atoms with Crippen molar-refractivity contribution < 1.29 is 4.74 Å². The molecular weight excluding hydrogens is 350 g/mol. The van der Waals surface area contributed by atoms with Gasteiger partial charge in [0.05, 0.1) is 31.4 Å². The second-order valence-corrected chi connectivity index (χ2v) is 6.11. The molecule has 0 spiro atoms. The van der Waals surface area contributed by atoms with Gasteiger partial charge in [-0.15, -0.1) is 0 Å². The third-order valence-electron chi connectivity index (χ3n) is 3.73. The summed E-state index contributed by atoms with van der Waals surface area (Å²) in [5.74, 6) is 0.917. The second-order valence-electron chi connectivity index (χ2n) is 5.71. The van der Waals surface area contributed by atoms with Crippen LogP contribution in [0.1, 0.15) is 11.1 Å². The Morgan fingerprint density at radius 2 is 2.04 bits per heavy atom. The lowest BCUT2D eigenvalue weighted by Gasteiger charge is -2.08. The summed E-state index contributed by atoms with van der Waals surface area (Å²) in [6.07, 6.45) is 3.76. The minimum absolute atomic E-state index is 0.307. The van der Waals surface area contributed by atoms with E-state index in [1.807, 2.05) is 35.1 Å². The summed E-state index contributed by atoms with van der Waals surface area (Å²) < 4.78 is 7.01. The van der Waals surface area contributed by atoms with Crippen LogP contribution in [-0.4, -0.2) is 22.8 Å². The van der Waals surface area contributed by atoms with Crippen molar-refractivity contribution in [2.75, 3.05) is 12.4 Å². The summed E-state index contributed by atoms with van der Waals surface area (Å²) in [5, 5.41) is 7.88. The monoisotopic (exact) mass is 369 g/mol. The second kappa shape index (κ2) is 8.40. The Hall–Kier alpha value is -2.99. The zero-order valence-electron chi connectivity index (χ0n) is 14.4. The Kier molecular flexibility index (Phi) is 5.76. The molecule has 26 heavy (non-hydrogen) atoms. The largest absolute Gasteiger partial charge is 0.495 e. The predicted molar refractivity (Wildman–Crippen MR) is 105 cm³/mol. The van der Waals surface area contributed by atoms with Crippen LogP contribution in [0, 0.1) is 0 Å². The average Bonchev–Trinajstić information content (AvgIpc) is 3.08. The fourth-order valence-corrected chi connectivity index (χ4v) is 2.71. The van der Waals surface area contributed by atoms with Gasteiger partial charge in [-0.05, 0) is 23.8 Å². The number of hydrogen-bond acceptors (Lipinski definition) is 3. The number of aliphatic imine (C=N–C) groups is 1. The minimum Gasteiger partial charge on any atom is -0.495 e. The Labute approximate surface area is 157 Å². The number of rotatable bonds is 6. The number of hydrogen-bond donors (Lipinski definition) is 2. The van der Waals surface area contributed by atoms with E-state index in [4.69, 9.17) is 22.1 Å². The van der Waals surface area contributed by atoms with Crippen molar-refractivity contribution in [3.63, 3.8) is 0 Å². The molecule has 0 radical (unpaired) electrons. The molecule has 0 unspecified atom stereocenters. The normalized spacial score (nSPS) is 11.4. The molecule has 0 aliphatic heterocycles. The quantitative estimate of drug-likeness (QED) is 0.514. The number of nitrogens with one attached hydrogen (secondary N) is 1. The Morgan fingerprint density at radius 1 is 1.23 bits per heavy atom. The summed E-state index contributed by atoms with van der Waals surface area (Å²) in [6.45, 7) is 1.17. The highest BCUT2D eigenvalue weighted by Crippen LogP contribution is 2.27. The lowest BCUT2D eigenvalue weighted by molar-refractivity contribution is 0.415. The molecular formula is C19H20ClN5O. The molecule has 0 amide bonds. The van der Waals surface area contributed by atoms with Gasteiger partial charge in [-0.2, -0.15) is 5.10 Å². The summed E-state index contributed by atoms with van der Waals surface area (Å²) in [6, 6.07) is 15.5. The highest BCUT2D eigenvalue weighted by atomic mass is 35.5. The lowest BCUT2D eigenvalue weighted by atomic mass is 10.2. The summed E-state index contributed by atoms with van der Waals surface area (Å²) in [5.41, 5.74) is 8.87. The van der Waals surface area contributed by atoms with Crippen LogP contribution in [0.15, 0.2) is 65.9 Å². The van der Waals surface area contributed by atoms with E-state index in [2.05, 4.69) is 27.5 Å².